The van der Waals surface area contributed by atoms with E-state index in [1.807, 2.05) is 0 Å². The Hall–Kier alpha value is -0.820. The first-order chi connectivity index (χ1) is 6.90. The molecule has 0 spiro atoms. The fourth-order valence-electron chi connectivity index (χ4n) is 2.31. The summed E-state index contributed by atoms with van der Waals surface area (Å²) in [7, 11) is 0. The maximum absolute atomic E-state index is 3.60. The van der Waals surface area contributed by atoms with Gasteiger partial charge in [-0.3, -0.25) is 0 Å². The molecule has 2 atom stereocenters. The van der Waals surface area contributed by atoms with Crippen molar-refractivity contribution in [3.63, 3.8) is 0 Å². The van der Waals surface area contributed by atoms with Crippen molar-refractivity contribution in [3.8, 4) is 0 Å². The van der Waals surface area contributed by atoms with Crippen molar-refractivity contribution >= 4 is 0 Å². The van der Waals surface area contributed by atoms with Gasteiger partial charge in [-0.15, -0.1) is 0 Å². The lowest BCUT2D eigenvalue weighted by Gasteiger charge is -2.30. The number of hydrogen-bond donors (Lipinski definition) is 1. The molecular weight excluding hydrogens is 170 g/mol. The van der Waals surface area contributed by atoms with Crippen LogP contribution in [0, 0.1) is 5.92 Å². The smallest absolute Gasteiger partial charge is 0.0322 e. The highest BCUT2D eigenvalue weighted by molar-refractivity contribution is 5.19. The fourth-order valence-corrected chi connectivity index (χ4v) is 2.31. The SMILES string of the molecule is CCC1CCNC(c2ccccc2)C1. The van der Waals surface area contributed by atoms with Crippen LogP contribution in [-0.2, 0) is 0 Å². The maximum Gasteiger partial charge on any atom is 0.0322 e. The minimum atomic E-state index is 0.592. The highest BCUT2D eigenvalue weighted by Gasteiger charge is 2.20. The molecule has 1 aromatic carbocycles. The molecule has 0 aromatic heterocycles. The molecule has 1 heterocycles. The molecule has 2 unspecified atom stereocenters. The van der Waals surface area contributed by atoms with Crippen molar-refractivity contribution in [2.75, 3.05) is 6.54 Å². The van der Waals surface area contributed by atoms with Crippen molar-refractivity contribution in [1.82, 2.24) is 5.32 Å². The zero-order valence-corrected chi connectivity index (χ0v) is 8.87. The highest BCUT2D eigenvalue weighted by Crippen LogP contribution is 2.28. The molecule has 1 aliphatic heterocycles. The van der Waals surface area contributed by atoms with E-state index in [-0.39, 0.29) is 0 Å². The average Bonchev–Trinajstić information content (AvgIpc) is 2.30. The van der Waals surface area contributed by atoms with Gasteiger partial charge in [0.05, 0.1) is 0 Å². The largest absolute Gasteiger partial charge is 0.310 e. The average molecular weight is 189 g/mol. The first-order valence-electron chi connectivity index (χ1n) is 5.68. The predicted molar refractivity (Wildman–Crippen MR) is 60.2 cm³/mol. The minimum Gasteiger partial charge on any atom is -0.310 e. The van der Waals surface area contributed by atoms with E-state index in [2.05, 4.69) is 42.6 Å². The van der Waals surface area contributed by atoms with Crippen LogP contribution < -0.4 is 5.32 Å². The lowest BCUT2D eigenvalue weighted by atomic mass is 9.87. The number of hydrogen-bond acceptors (Lipinski definition) is 1. The molecule has 2 rings (SSSR count). The molecule has 1 aliphatic rings. The zero-order valence-electron chi connectivity index (χ0n) is 8.87. The van der Waals surface area contributed by atoms with Gasteiger partial charge in [-0.05, 0) is 30.9 Å². The Balaban J connectivity index is 2.04. The van der Waals surface area contributed by atoms with Crippen LogP contribution in [0.3, 0.4) is 0 Å². The van der Waals surface area contributed by atoms with Gasteiger partial charge in [0.2, 0.25) is 0 Å². The Kier molecular flexibility index (Phi) is 3.20. The molecule has 1 aromatic rings. The van der Waals surface area contributed by atoms with E-state index in [0.29, 0.717) is 6.04 Å². The van der Waals surface area contributed by atoms with Gasteiger partial charge in [0, 0.05) is 6.04 Å². The van der Waals surface area contributed by atoms with Crippen LogP contribution in [0.5, 0.6) is 0 Å². The van der Waals surface area contributed by atoms with Crippen molar-refractivity contribution < 1.29 is 0 Å². The topological polar surface area (TPSA) is 12.0 Å². The molecular formula is C13H19N. The van der Waals surface area contributed by atoms with E-state index in [9.17, 15) is 0 Å². The molecule has 1 heteroatoms. The van der Waals surface area contributed by atoms with Gasteiger partial charge in [-0.2, -0.15) is 0 Å². The Labute approximate surface area is 86.5 Å². The van der Waals surface area contributed by atoms with E-state index in [0.717, 1.165) is 5.92 Å². The maximum atomic E-state index is 3.60. The van der Waals surface area contributed by atoms with E-state index < -0.39 is 0 Å². The summed E-state index contributed by atoms with van der Waals surface area (Å²) in [5.41, 5.74) is 1.45. The number of piperidine rings is 1. The Bertz CT molecular complexity index is 268. The third kappa shape index (κ3) is 2.16. The highest BCUT2D eigenvalue weighted by atomic mass is 14.9. The third-order valence-electron chi connectivity index (χ3n) is 3.29. The van der Waals surface area contributed by atoms with Crippen LogP contribution in [0.2, 0.25) is 0 Å². The first-order valence-corrected chi connectivity index (χ1v) is 5.68. The van der Waals surface area contributed by atoms with Gasteiger partial charge in [0.25, 0.3) is 0 Å². The van der Waals surface area contributed by atoms with Gasteiger partial charge >= 0.3 is 0 Å². The summed E-state index contributed by atoms with van der Waals surface area (Å²) in [6.45, 7) is 3.48. The minimum absolute atomic E-state index is 0.592. The number of benzene rings is 1. The Morgan fingerprint density at radius 2 is 2.07 bits per heavy atom. The molecule has 1 nitrogen and oxygen atoms in total. The molecule has 14 heavy (non-hydrogen) atoms. The van der Waals surface area contributed by atoms with E-state index in [4.69, 9.17) is 0 Å². The van der Waals surface area contributed by atoms with E-state index in [1.165, 1.54) is 31.4 Å². The molecule has 0 aliphatic carbocycles. The molecule has 0 radical (unpaired) electrons. The van der Waals surface area contributed by atoms with Crippen LogP contribution >= 0.6 is 0 Å². The van der Waals surface area contributed by atoms with Crippen LogP contribution in [0.1, 0.15) is 37.8 Å². The molecule has 1 N–H and O–H groups in total. The van der Waals surface area contributed by atoms with Crippen molar-refractivity contribution in [3.05, 3.63) is 35.9 Å². The molecule has 76 valence electrons. The molecule has 1 saturated heterocycles. The monoisotopic (exact) mass is 189 g/mol. The van der Waals surface area contributed by atoms with E-state index in [1.54, 1.807) is 0 Å². The summed E-state index contributed by atoms with van der Waals surface area (Å²) in [5.74, 6) is 0.918. The zero-order chi connectivity index (χ0) is 9.80. The quantitative estimate of drug-likeness (QED) is 0.753. The van der Waals surface area contributed by atoms with Crippen LogP contribution in [0.25, 0.3) is 0 Å². The van der Waals surface area contributed by atoms with Gasteiger partial charge in [-0.1, -0.05) is 43.7 Å². The lowest BCUT2D eigenvalue weighted by molar-refractivity contribution is 0.299. The van der Waals surface area contributed by atoms with Gasteiger partial charge in [0.15, 0.2) is 0 Å². The van der Waals surface area contributed by atoms with Crippen molar-refractivity contribution in [2.45, 2.75) is 32.2 Å². The van der Waals surface area contributed by atoms with Crippen LogP contribution in [0.4, 0.5) is 0 Å². The molecule has 0 amide bonds. The van der Waals surface area contributed by atoms with E-state index >= 15 is 0 Å². The number of nitrogens with one attached hydrogen (secondary N) is 1. The third-order valence-corrected chi connectivity index (χ3v) is 3.29. The number of rotatable bonds is 2. The summed E-state index contributed by atoms with van der Waals surface area (Å²) in [6.07, 6.45) is 3.98. The normalized spacial score (nSPS) is 27.5. The standard InChI is InChI=1S/C13H19N/c1-2-11-8-9-14-13(10-11)12-6-4-3-5-7-12/h3-7,11,13-14H,2,8-10H2,1H3. The Morgan fingerprint density at radius 3 is 2.79 bits per heavy atom. The van der Waals surface area contributed by atoms with Gasteiger partial charge in [-0.25, -0.2) is 0 Å². The summed E-state index contributed by atoms with van der Waals surface area (Å²) >= 11 is 0. The summed E-state index contributed by atoms with van der Waals surface area (Å²) in [5, 5.41) is 3.60. The van der Waals surface area contributed by atoms with Crippen LogP contribution in [0.15, 0.2) is 30.3 Å². The first kappa shape index (κ1) is 9.72. The second kappa shape index (κ2) is 4.61. The van der Waals surface area contributed by atoms with Gasteiger partial charge in [0.1, 0.15) is 0 Å². The van der Waals surface area contributed by atoms with Gasteiger partial charge < -0.3 is 5.32 Å². The summed E-state index contributed by atoms with van der Waals surface area (Å²) in [6, 6.07) is 11.4. The molecule has 0 bridgehead atoms. The molecule has 1 fully saturated rings. The van der Waals surface area contributed by atoms with Crippen molar-refractivity contribution in [1.29, 1.82) is 0 Å². The van der Waals surface area contributed by atoms with Crippen molar-refractivity contribution in [2.24, 2.45) is 5.92 Å². The van der Waals surface area contributed by atoms with Crippen LogP contribution in [-0.4, -0.2) is 6.54 Å². The summed E-state index contributed by atoms with van der Waals surface area (Å²) < 4.78 is 0. The fraction of sp³-hybridized carbons (Fsp3) is 0.538. The Morgan fingerprint density at radius 1 is 1.29 bits per heavy atom. The second-order valence-corrected chi connectivity index (χ2v) is 4.22. The second-order valence-electron chi connectivity index (χ2n) is 4.22. The summed E-state index contributed by atoms with van der Waals surface area (Å²) in [4.78, 5) is 0. The lowest BCUT2D eigenvalue weighted by Crippen LogP contribution is -2.31. The predicted octanol–water partition coefficient (Wildman–Crippen LogP) is 3.14. The molecule has 0 saturated carbocycles.